The maximum atomic E-state index is 12.4. The van der Waals surface area contributed by atoms with Gasteiger partial charge in [-0.1, -0.05) is 187 Å². The van der Waals surface area contributed by atoms with Gasteiger partial charge in [0.15, 0.2) is 0 Å². The lowest BCUT2D eigenvalue weighted by Crippen LogP contribution is -2.46. The molecular weight excluding hydrogens is 522 g/mol. The smallest absolute Gasteiger partial charge is 0.222 e. The highest BCUT2D eigenvalue weighted by atomic mass is 16.3. The van der Waals surface area contributed by atoms with E-state index in [4.69, 9.17) is 0 Å². The molecule has 0 spiro atoms. The minimum absolute atomic E-state index is 0.0421. The third kappa shape index (κ3) is 29.4. The zero-order valence-corrected chi connectivity index (χ0v) is 28.4. The molecule has 5 nitrogen and oxygen atoms in total. The van der Waals surface area contributed by atoms with E-state index in [1.54, 1.807) is 0 Å². The first-order valence-electron chi connectivity index (χ1n) is 18.8. The van der Waals surface area contributed by atoms with Gasteiger partial charge in [-0.05, 0) is 12.8 Å². The summed E-state index contributed by atoms with van der Waals surface area (Å²) < 4.78 is 0. The van der Waals surface area contributed by atoms with Gasteiger partial charge in [0.05, 0.1) is 31.3 Å². The van der Waals surface area contributed by atoms with Crippen LogP contribution in [0.1, 0.15) is 206 Å². The summed E-state index contributed by atoms with van der Waals surface area (Å²) in [5.41, 5.74) is 0. The van der Waals surface area contributed by atoms with E-state index in [1.165, 1.54) is 148 Å². The molecule has 0 saturated carbocycles. The lowest BCUT2D eigenvalue weighted by atomic mass is 10.0. The van der Waals surface area contributed by atoms with Crippen LogP contribution in [0.15, 0.2) is 0 Å². The fourth-order valence-corrected chi connectivity index (χ4v) is 5.99. The van der Waals surface area contributed by atoms with Crippen molar-refractivity contribution < 1.29 is 20.1 Å². The average molecular weight is 598 g/mol. The number of rotatable bonds is 34. The van der Waals surface area contributed by atoms with E-state index in [9.17, 15) is 20.1 Å². The van der Waals surface area contributed by atoms with E-state index >= 15 is 0 Å². The number of nitrogens with one attached hydrogen (secondary N) is 1. The Labute approximate surface area is 262 Å². The number of amides is 1. The lowest BCUT2D eigenvalue weighted by Gasteiger charge is -2.23. The van der Waals surface area contributed by atoms with Crippen molar-refractivity contribution in [3.05, 3.63) is 0 Å². The van der Waals surface area contributed by atoms with Gasteiger partial charge >= 0.3 is 0 Å². The van der Waals surface area contributed by atoms with Crippen molar-refractivity contribution in [2.75, 3.05) is 6.61 Å². The number of aliphatic hydroxyl groups excluding tert-OH is 3. The summed E-state index contributed by atoms with van der Waals surface area (Å²) in [4.78, 5) is 12.4. The molecule has 0 aliphatic rings. The second-order valence-corrected chi connectivity index (χ2v) is 13.2. The summed E-state index contributed by atoms with van der Waals surface area (Å²) in [5, 5.41) is 33.2. The highest BCUT2D eigenvalue weighted by Gasteiger charge is 2.21. The molecule has 5 heteroatoms. The number of hydrogen-bond donors (Lipinski definition) is 4. The summed E-state index contributed by atoms with van der Waals surface area (Å²) in [6.07, 6.45) is 34.8. The van der Waals surface area contributed by atoms with E-state index in [-0.39, 0.29) is 18.9 Å². The Bertz CT molecular complexity index is 544. The predicted octanol–water partition coefficient (Wildman–Crippen LogP) is 9.93. The van der Waals surface area contributed by atoms with Gasteiger partial charge in [0.25, 0.3) is 0 Å². The van der Waals surface area contributed by atoms with Crippen LogP contribution < -0.4 is 5.32 Å². The monoisotopic (exact) mass is 598 g/mol. The largest absolute Gasteiger partial charge is 0.394 e. The molecule has 3 atom stereocenters. The molecule has 4 N–H and O–H groups in total. The summed E-state index contributed by atoms with van der Waals surface area (Å²) in [6, 6.07) is -0.650. The average Bonchev–Trinajstić information content (AvgIpc) is 2.98. The van der Waals surface area contributed by atoms with Gasteiger partial charge in [0.2, 0.25) is 5.91 Å². The number of hydrogen-bond acceptors (Lipinski definition) is 4. The van der Waals surface area contributed by atoms with Gasteiger partial charge in [-0.15, -0.1) is 0 Å². The van der Waals surface area contributed by atoms with Crippen molar-refractivity contribution in [2.45, 2.75) is 225 Å². The summed E-state index contributed by atoms with van der Waals surface area (Å²) in [7, 11) is 0. The molecule has 3 unspecified atom stereocenters. The first-order chi connectivity index (χ1) is 20.5. The highest BCUT2D eigenvalue weighted by molar-refractivity contribution is 5.76. The van der Waals surface area contributed by atoms with Crippen LogP contribution in [-0.2, 0) is 4.79 Å². The van der Waals surface area contributed by atoms with Crippen LogP contribution in [0.4, 0.5) is 0 Å². The quantitative estimate of drug-likeness (QED) is 0.0556. The molecule has 0 heterocycles. The molecule has 0 aliphatic heterocycles. The molecule has 0 aromatic carbocycles. The van der Waals surface area contributed by atoms with Crippen LogP contribution in [0.25, 0.3) is 0 Å². The van der Waals surface area contributed by atoms with Gasteiger partial charge in [0, 0.05) is 0 Å². The summed E-state index contributed by atoms with van der Waals surface area (Å²) in [6.45, 7) is 4.25. The summed E-state index contributed by atoms with van der Waals surface area (Å²) in [5.74, 6) is -0.281. The first kappa shape index (κ1) is 41.4. The third-order valence-electron chi connectivity index (χ3n) is 8.92. The van der Waals surface area contributed by atoms with E-state index in [2.05, 4.69) is 19.2 Å². The molecule has 0 saturated heterocycles. The Kier molecular flexibility index (Phi) is 32.7. The molecule has 0 aromatic heterocycles. The van der Waals surface area contributed by atoms with Crippen LogP contribution in [0, 0.1) is 0 Å². The van der Waals surface area contributed by atoms with Gasteiger partial charge in [-0.3, -0.25) is 4.79 Å². The Morgan fingerprint density at radius 3 is 1.14 bits per heavy atom. The van der Waals surface area contributed by atoms with Crippen molar-refractivity contribution in [2.24, 2.45) is 0 Å². The molecule has 0 fully saturated rings. The fourth-order valence-electron chi connectivity index (χ4n) is 5.99. The molecule has 0 aromatic rings. The van der Waals surface area contributed by atoms with Crippen molar-refractivity contribution >= 4 is 5.91 Å². The van der Waals surface area contributed by atoms with E-state index in [1.807, 2.05) is 0 Å². The summed E-state index contributed by atoms with van der Waals surface area (Å²) >= 11 is 0. The second kappa shape index (κ2) is 33.2. The molecule has 0 aliphatic carbocycles. The number of carbonyl (C=O) groups is 1. The van der Waals surface area contributed by atoms with Gasteiger partial charge < -0.3 is 20.6 Å². The fraction of sp³-hybridized carbons (Fsp3) is 0.973. The Morgan fingerprint density at radius 2 is 0.810 bits per heavy atom. The molecule has 0 bridgehead atoms. The minimum Gasteiger partial charge on any atom is -0.394 e. The maximum Gasteiger partial charge on any atom is 0.222 e. The van der Waals surface area contributed by atoms with E-state index in [0.717, 1.165) is 25.7 Å². The molecule has 42 heavy (non-hydrogen) atoms. The van der Waals surface area contributed by atoms with Crippen molar-refractivity contribution in [3.63, 3.8) is 0 Å². The zero-order valence-electron chi connectivity index (χ0n) is 28.4. The third-order valence-corrected chi connectivity index (χ3v) is 8.92. The Balaban J connectivity index is 3.62. The molecule has 0 rings (SSSR count). The van der Waals surface area contributed by atoms with Gasteiger partial charge in [-0.2, -0.15) is 0 Å². The normalized spacial score (nSPS) is 13.7. The molecular formula is C37H75NO4. The van der Waals surface area contributed by atoms with Crippen molar-refractivity contribution in [1.82, 2.24) is 5.32 Å². The van der Waals surface area contributed by atoms with E-state index < -0.39 is 18.2 Å². The zero-order chi connectivity index (χ0) is 30.9. The lowest BCUT2D eigenvalue weighted by molar-refractivity contribution is -0.125. The van der Waals surface area contributed by atoms with E-state index in [0.29, 0.717) is 12.8 Å². The number of carbonyl (C=O) groups excluding carboxylic acids is 1. The predicted molar refractivity (Wildman–Crippen MR) is 181 cm³/mol. The minimum atomic E-state index is -0.741. The Hall–Kier alpha value is -0.650. The van der Waals surface area contributed by atoms with Gasteiger partial charge in [0.1, 0.15) is 0 Å². The molecule has 1 amide bonds. The van der Waals surface area contributed by atoms with Crippen LogP contribution >= 0.6 is 0 Å². The van der Waals surface area contributed by atoms with Crippen molar-refractivity contribution in [1.29, 1.82) is 0 Å². The van der Waals surface area contributed by atoms with Crippen LogP contribution in [0.3, 0.4) is 0 Å². The second-order valence-electron chi connectivity index (χ2n) is 13.2. The highest BCUT2D eigenvalue weighted by Crippen LogP contribution is 2.16. The van der Waals surface area contributed by atoms with Crippen LogP contribution in [0.5, 0.6) is 0 Å². The Morgan fingerprint density at radius 1 is 0.500 bits per heavy atom. The standard InChI is InChI=1S/C37H75NO4/c1-3-5-7-9-11-13-15-16-17-18-19-21-22-24-26-28-30-34(40)32-37(42)38-35(33-39)36(41)31-29-27-25-23-20-14-12-10-8-6-4-2/h34-36,39-41H,3-33H2,1-2H3,(H,38,42). The molecule has 252 valence electrons. The van der Waals surface area contributed by atoms with Gasteiger partial charge in [-0.25, -0.2) is 0 Å². The molecule has 0 radical (unpaired) electrons. The maximum absolute atomic E-state index is 12.4. The topological polar surface area (TPSA) is 89.8 Å². The van der Waals surface area contributed by atoms with Crippen molar-refractivity contribution in [3.8, 4) is 0 Å². The van der Waals surface area contributed by atoms with Crippen LogP contribution in [0.2, 0.25) is 0 Å². The first-order valence-corrected chi connectivity index (χ1v) is 18.8. The SMILES string of the molecule is CCCCCCCCCCCCCCCCCCC(O)CC(=O)NC(CO)C(O)CCCCCCCCCCCCC. The number of aliphatic hydroxyl groups is 3. The number of unbranched alkanes of at least 4 members (excludes halogenated alkanes) is 25. The van der Waals surface area contributed by atoms with Crippen LogP contribution in [-0.4, -0.2) is 46.1 Å².